The normalized spacial score (nSPS) is 15.3. The first kappa shape index (κ1) is 16.3. The molecule has 3 rings (SSSR count). The number of hydrogen-bond acceptors (Lipinski definition) is 5. The molecule has 6 nitrogen and oxygen atoms in total. The van der Waals surface area contributed by atoms with Gasteiger partial charge in [0.25, 0.3) is 5.91 Å². The minimum atomic E-state index is -0.564. The van der Waals surface area contributed by atoms with E-state index in [-0.39, 0.29) is 5.91 Å². The Balaban J connectivity index is 1.94. The summed E-state index contributed by atoms with van der Waals surface area (Å²) in [6.45, 7) is 5.45. The summed E-state index contributed by atoms with van der Waals surface area (Å²) in [5.74, 6) is 0.0444. The molecule has 2 aromatic rings. The fourth-order valence-electron chi connectivity index (χ4n) is 2.35. The van der Waals surface area contributed by atoms with E-state index in [0.29, 0.717) is 32.5 Å². The molecular weight excluding hydrogens is 328 g/mol. The summed E-state index contributed by atoms with van der Waals surface area (Å²) in [4.78, 5) is 27.9. The average molecular weight is 346 g/mol. The smallest absolute Gasteiger partial charge is 0.348 e. The van der Waals surface area contributed by atoms with E-state index in [1.165, 1.54) is 11.3 Å². The first-order valence-electron chi connectivity index (χ1n) is 7.40. The molecule has 0 unspecified atom stereocenters. The number of carbonyl (C=O) groups excluding carboxylic acids is 2. The van der Waals surface area contributed by atoms with Crippen LogP contribution in [-0.4, -0.2) is 29.6 Å². The lowest BCUT2D eigenvalue weighted by Gasteiger charge is -2.18. The van der Waals surface area contributed by atoms with Gasteiger partial charge in [-0.15, -0.1) is 11.3 Å². The van der Waals surface area contributed by atoms with Crippen molar-refractivity contribution in [1.29, 1.82) is 0 Å². The number of fused-ring (bicyclic) bond motifs is 1. The molecule has 126 valence electrons. The van der Waals surface area contributed by atoms with E-state index in [4.69, 9.17) is 9.47 Å². The molecule has 7 heteroatoms. The maximum atomic E-state index is 12.2. The van der Waals surface area contributed by atoms with Gasteiger partial charge in [-0.25, -0.2) is 4.79 Å². The van der Waals surface area contributed by atoms with Crippen LogP contribution >= 0.6 is 11.3 Å². The zero-order valence-corrected chi connectivity index (χ0v) is 14.7. The molecule has 0 fully saturated rings. The molecule has 0 aromatic carbocycles. The second kappa shape index (κ2) is 5.83. The highest BCUT2D eigenvalue weighted by molar-refractivity contribution is 7.18. The topological polar surface area (TPSA) is 80.4 Å². The molecule has 0 aliphatic carbocycles. The van der Waals surface area contributed by atoms with Crippen LogP contribution in [0.4, 0.5) is 5.00 Å². The van der Waals surface area contributed by atoms with E-state index in [0.717, 1.165) is 0 Å². The Morgan fingerprint density at radius 1 is 1.33 bits per heavy atom. The fraction of sp³-hybridized carbons (Fsp3) is 0.294. The van der Waals surface area contributed by atoms with Gasteiger partial charge in [0.1, 0.15) is 21.2 Å². The Morgan fingerprint density at radius 3 is 2.75 bits per heavy atom. The largest absolute Gasteiger partial charge is 0.495 e. The highest BCUT2D eigenvalue weighted by atomic mass is 32.1. The number of methoxy groups -OCH3 is 1. The average Bonchev–Trinajstić information content (AvgIpc) is 3.14. The summed E-state index contributed by atoms with van der Waals surface area (Å²) >= 11 is 1.21. The van der Waals surface area contributed by atoms with E-state index >= 15 is 0 Å². The highest BCUT2D eigenvalue weighted by Gasteiger charge is 2.30. The molecule has 1 aliphatic heterocycles. The zero-order valence-electron chi connectivity index (χ0n) is 13.9. The number of aromatic nitrogens is 1. The van der Waals surface area contributed by atoms with Gasteiger partial charge in [-0.3, -0.25) is 4.79 Å². The van der Waals surface area contributed by atoms with Crippen LogP contribution in [0.2, 0.25) is 0 Å². The maximum Gasteiger partial charge on any atom is 0.348 e. The summed E-state index contributed by atoms with van der Waals surface area (Å²) in [6.07, 6.45) is 3.45. The van der Waals surface area contributed by atoms with Crippen molar-refractivity contribution in [2.24, 2.45) is 0 Å². The second-order valence-corrected chi connectivity index (χ2v) is 7.38. The summed E-state index contributed by atoms with van der Waals surface area (Å²) in [5, 5.41) is 3.43. The Bertz CT molecular complexity index is 839. The van der Waals surface area contributed by atoms with Crippen molar-refractivity contribution < 1.29 is 19.1 Å². The lowest BCUT2D eigenvalue weighted by molar-refractivity contribution is -0.110. The minimum absolute atomic E-state index is 0.205. The van der Waals surface area contributed by atoms with Gasteiger partial charge in [0, 0.05) is 11.8 Å². The van der Waals surface area contributed by atoms with Gasteiger partial charge in [0.05, 0.1) is 18.4 Å². The molecule has 3 heterocycles. The van der Waals surface area contributed by atoms with Crippen LogP contribution in [0.15, 0.2) is 18.3 Å². The first-order valence-corrected chi connectivity index (χ1v) is 8.22. The van der Waals surface area contributed by atoms with Crippen LogP contribution in [0.5, 0.6) is 5.75 Å². The van der Waals surface area contributed by atoms with E-state index < -0.39 is 11.6 Å². The Labute approximate surface area is 143 Å². The van der Waals surface area contributed by atoms with Gasteiger partial charge in [-0.2, -0.15) is 0 Å². The lowest BCUT2D eigenvalue weighted by Crippen LogP contribution is -2.23. The van der Waals surface area contributed by atoms with Gasteiger partial charge >= 0.3 is 5.97 Å². The van der Waals surface area contributed by atoms with Gasteiger partial charge in [-0.1, -0.05) is 0 Å². The van der Waals surface area contributed by atoms with Crippen molar-refractivity contribution in [2.45, 2.75) is 26.4 Å². The summed E-state index contributed by atoms with van der Waals surface area (Å²) < 4.78 is 10.6. The quantitative estimate of drug-likeness (QED) is 0.658. The highest BCUT2D eigenvalue weighted by Crippen LogP contribution is 2.40. The van der Waals surface area contributed by atoms with Crippen molar-refractivity contribution >= 4 is 39.9 Å². The van der Waals surface area contributed by atoms with Crippen LogP contribution in [0, 0.1) is 0 Å². The molecule has 0 saturated heterocycles. The number of esters is 1. The number of H-pyrrole nitrogens is 1. The van der Waals surface area contributed by atoms with Crippen molar-refractivity contribution in [3.63, 3.8) is 0 Å². The Kier molecular flexibility index (Phi) is 3.96. The van der Waals surface area contributed by atoms with Crippen molar-refractivity contribution in [3.05, 3.63) is 34.5 Å². The number of carbonyl (C=O) groups is 2. The van der Waals surface area contributed by atoms with Crippen molar-refractivity contribution in [2.75, 3.05) is 12.4 Å². The molecule has 2 N–H and O–H groups in total. The third kappa shape index (κ3) is 3.07. The monoisotopic (exact) mass is 346 g/mol. The Morgan fingerprint density at radius 2 is 2.08 bits per heavy atom. The number of thiophene rings is 1. The lowest BCUT2D eigenvalue weighted by atomic mass is 10.1. The molecule has 0 saturated carbocycles. The summed E-state index contributed by atoms with van der Waals surface area (Å²) in [5.41, 5.74) is 1.31. The van der Waals surface area contributed by atoms with Crippen LogP contribution < -0.4 is 10.1 Å². The van der Waals surface area contributed by atoms with E-state index in [2.05, 4.69) is 10.3 Å². The maximum absolute atomic E-state index is 12.2. The molecule has 1 amide bonds. The molecule has 0 radical (unpaired) electrons. The van der Waals surface area contributed by atoms with Crippen LogP contribution in [-0.2, 0) is 9.53 Å². The first-order chi connectivity index (χ1) is 11.3. The molecular formula is C17H18N2O4S. The summed E-state index contributed by atoms with van der Waals surface area (Å²) in [6, 6.07) is 3.47. The van der Waals surface area contributed by atoms with E-state index in [1.54, 1.807) is 31.5 Å². The van der Waals surface area contributed by atoms with E-state index in [9.17, 15) is 9.59 Å². The third-order valence-electron chi connectivity index (χ3n) is 3.34. The SMILES string of the molecule is COc1cc[nH]c1/C=C1\C(=O)Nc2sc(C(=O)OC(C)(C)C)cc21. The van der Waals surface area contributed by atoms with Gasteiger partial charge in [-0.05, 0) is 39.0 Å². The number of hydrogen-bond donors (Lipinski definition) is 2. The molecule has 0 spiro atoms. The standard InChI is InChI=1S/C17H18N2O4S/c1-17(2,3)23-16(21)13-8-10-9(14(20)19-15(10)24-13)7-11-12(22-4)5-6-18-11/h5-8,18H,1-4H3,(H,19,20)/b9-7-. The molecule has 0 bridgehead atoms. The predicted octanol–water partition coefficient (Wildman–Crippen LogP) is 3.53. The molecule has 1 aliphatic rings. The van der Waals surface area contributed by atoms with Crippen LogP contribution in [0.1, 0.15) is 41.7 Å². The zero-order chi connectivity index (χ0) is 17.5. The van der Waals surface area contributed by atoms with Gasteiger partial charge in [0.15, 0.2) is 0 Å². The number of ether oxygens (including phenoxy) is 2. The molecule has 0 atom stereocenters. The number of rotatable bonds is 3. The minimum Gasteiger partial charge on any atom is -0.495 e. The van der Waals surface area contributed by atoms with Crippen molar-refractivity contribution in [1.82, 2.24) is 4.98 Å². The number of aromatic amines is 1. The fourth-order valence-corrected chi connectivity index (χ4v) is 3.30. The predicted molar refractivity (Wildman–Crippen MR) is 93.3 cm³/mol. The second-order valence-electron chi connectivity index (χ2n) is 6.33. The van der Waals surface area contributed by atoms with Crippen LogP contribution in [0.25, 0.3) is 11.6 Å². The van der Waals surface area contributed by atoms with Gasteiger partial charge in [0.2, 0.25) is 0 Å². The Hall–Kier alpha value is -2.54. The molecule has 24 heavy (non-hydrogen) atoms. The van der Waals surface area contributed by atoms with E-state index in [1.807, 2.05) is 20.8 Å². The molecule has 2 aromatic heterocycles. The third-order valence-corrected chi connectivity index (χ3v) is 4.37. The van der Waals surface area contributed by atoms with Crippen LogP contribution in [0.3, 0.4) is 0 Å². The number of anilines is 1. The number of amides is 1. The summed E-state index contributed by atoms with van der Waals surface area (Å²) in [7, 11) is 1.57. The van der Waals surface area contributed by atoms with Crippen molar-refractivity contribution in [3.8, 4) is 5.75 Å². The number of nitrogens with one attached hydrogen (secondary N) is 2. The van der Waals surface area contributed by atoms with Gasteiger partial charge < -0.3 is 19.8 Å².